The van der Waals surface area contributed by atoms with Crippen LogP contribution in [0.2, 0.25) is 0 Å². The van der Waals surface area contributed by atoms with E-state index in [1.807, 2.05) is 27.7 Å². The number of carbonyl (C=O) groups excluding carboxylic acids is 1. The Morgan fingerprint density at radius 2 is 2.08 bits per heavy atom. The van der Waals surface area contributed by atoms with E-state index in [1.54, 1.807) is 10.6 Å². The van der Waals surface area contributed by atoms with Crippen molar-refractivity contribution in [3.8, 4) is 0 Å². The Morgan fingerprint density at radius 3 is 2.73 bits per heavy atom. The van der Waals surface area contributed by atoms with E-state index in [-0.39, 0.29) is 23.1 Å². The largest absolute Gasteiger partial charge is 0.293 e. The Hall–Kier alpha value is -1.99. The molecule has 7 heteroatoms. The van der Waals surface area contributed by atoms with Gasteiger partial charge in [-0.3, -0.25) is 14.2 Å². The molecule has 0 radical (unpaired) electrons. The summed E-state index contributed by atoms with van der Waals surface area (Å²) in [4.78, 5) is 31.7. The highest BCUT2D eigenvalue weighted by molar-refractivity contribution is 7.99. The van der Waals surface area contributed by atoms with Gasteiger partial charge in [-0.1, -0.05) is 23.9 Å². The van der Waals surface area contributed by atoms with E-state index in [4.69, 9.17) is 0 Å². The van der Waals surface area contributed by atoms with Gasteiger partial charge in [0, 0.05) is 16.5 Å². The lowest BCUT2D eigenvalue weighted by Crippen LogP contribution is -2.25. The molecule has 26 heavy (non-hydrogen) atoms. The van der Waals surface area contributed by atoms with Gasteiger partial charge in [-0.25, -0.2) is 9.37 Å². The van der Waals surface area contributed by atoms with Gasteiger partial charge in [-0.2, -0.15) is 0 Å². The summed E-state index contributed by atoms with van der Waals surface area (Å²) in [5.41, 5.74) is 1.21. The molecule has 3 aromatic rings. The number of aryl methyl sites for hydroxylation is 2. The summed E-state index contributed by atoms with van der Waals surface area (Å²) in [6, 6.07) is 5.55. The van der Waals surface area contributed by atoms with Gasteiger partial charge in [0.2, 0.25) is 0 Å². The summed E-state index contributed by atoms with van der Waals surface area (Å²) in [6.45, 7) is 7.74. The van der Waals surface area contributed by atoms with Gasteiger partial charge in [-0.15, -0.1) is 11.3 Å². The van der Waals surface area contributed by atoms with Gasteiger partial charge >= 0.3 is 0 Å². The summed E-state index contributed by atoms with van der Waals surface area (Å²) in [5, 5.41) is 1.17. The fourth-order valence-electron chi connectivity index (χ4n) is 2.72. The smallest absolute Gasteiger partial charge is 0.263 e. The fraction of sp³-hybridized carbons (Fsp3) is 0.316. The third-order valence-electron chi connectivity index (χ3n) is 4.20. The first-order chi connectivity index (χ1) is 12.3. The number of fused-ring (bicyclic) bond motifs is 1. The van der Waals surface area contributed by atoms with Crippen LogP contribution in [-0.2, 0) is 0 Å². The number of hydrogen-bond acceptors (Lipinski definition) is 5. The third kappa shape index (κ3) is 3.46. The first kappa shape index (κ1) is 18.8. The monoisotopic (exact) mass is 390 g/mol. The zero-order valence-electron chi connectivity index (χ0n) is 15.0. The molecular formula is C19H19FN2O2S2. The predicted molar refractivity (Wildman–Crippen MR) is 105 cm³/mol. The van der Waals surface area contributed by atoms with Crippen molar-refractivity contribution >= 4 is 39.1 Å². The fourth-order valence-corrected chi connectivity index (χ4v) is 4.81. The second kappa shape index (κ2) is 7.32. The van der Waals surface area contributed by atoms with Crippen LogP contribution in [-0.4, -0.2) is 21.1 Å². The maximum Gasteiger partial charge on any atom is 0.263 e. The molecule has 0 bridgehead atoms. The van der Waals surface area contributed by atoms with Crippen molar-refractivity contribution in [2.45, 2.75) is 38.9 Å². The number of halogens is 1. The summed E-state index contributed by atoms with van der Waals surface area (Å²) >= 11 is 2.70. The third-order valence-corrected chi connectivity index (χ3v) is 6.25. The van der Waals surface area contributed by atoms with Crippen LogP contribution in [0.3, 0.4) is 0 Å². The number of carbonyl (C=O) groups is 1. The number of thiophene rings is 1. The highest BCUT2D eigenvalue weighted by Gasteiger charge is 2.19. The van der Waals surface area contributed by atoms with Crippen LogP contribution in [0.4, 0.5) is 4.39 Å². The van der Waals surface area contributed by atoms with Gasteiger partial charge in [0.25, 0.3) is 5.56 Å². The molecule has 0 saturated heterocycles. The standard InChI is InChI=1S/C19H19FN2O2S2/c1-10(2)22-18(24)16-11(3)12(4)26-17(16)21-19(22)25-9-15(23)13-6-5-7-14(20)8-13/h5-8,10H,9H2,1-4H3. The van der Waals surface area contributed by atoms with E-state index >= 15 is 0 Å². The molecule has 0 fully saturated rings. The van der Waals surface area contributed by atoms with Crippen molar-refractivity contribution in [1.82, 2.24) is 9.55 Å². The van der Waals surface area contributed by atoms with Gasteiger partial charge < -0.3 is 0 Å². The molecule has 2 heterocycles. The second-order valence-corrected chi connectivity index (χ2v) is 8.49. The summed E-state index contributed by atoms with van der Waals surface area (Å²) in [5.74, 6) is -0.543. The average Bonchev–Trinajstić information content (AvgIpc) is 2.86. The molecule has 0 atom stereocenters. The molecule has 3 rings (SSSR count). The molecule has 0 amide bonds. The molecule has 136 valence electrons. The Bertz CT molecular complexity index is 1050. The molecule has 0 N–H and O–H groups in total. The predicted octanol–water partition coefficient (Wildman–Crippen LogP) is 4.77. The normalized spacial score (nSPS) is 11.5. The minimum absolute atomic E-state index is 0.0763. The van der Waals surface area contributed by atoms with Crippen molar-refractivity contribution in [2.24, 2.45) is 0 Å². The van der Waals surface area contributed by atoms with E-state index in [0.717, 1.165) is 10.4 Å². The van der Waals surface area contributed by atoms with Crippen LogP contribution >= 0.6 is 23.1 Å². The topological polar surface area (TPSA) is 52.0 Å². The second-order valence-electron chi connectivity index (χ2n) is 6.35. The lowest BCUT2D eigenvalue weighted by Gasteiger charge is -2.15. The number of rotatable bonds is 5. The Labute approximate surface area is 159 Å². The number of Topliss-reactive ketones (excluding diaryl/α,β-unsaturated/α-hetero) is 1. The Kier molecular flexibility index (Phi) is 5.29. The van der Waals surface area contributed by atoms with Gasteiger partial charge in [0.1, 0.15) is 10.6 Å². The number of nitrogens with zero attached hydrogens (tertiary/aromatic N) is 2. The maximum atomic E-state index is 13.3. The van der Waals surface area contributed by atoms with E-state index < -0.39 is 5.82 Å². The minimum atomic E-state index is -0.441. The zero-order chi connectivity index (χ0) is 19.0. The minimum Gasteiger partial charge on any atom is -0.293 e. The summed E-state index contributed by atoms with van der Waals surface area (Å²) < 4.78 is 14.9. The maximum absolute atomic E-state index is 13.3. The van der Waals surface area contributed by atoms with Crippen LogP contribution in [0, 0.1) is 19.7 Å². The highest BCUT2D eigenvalue weighted by Crippen LogP contribution is 2.29. The van der Waals surface area contributed by atoms with Crippen molar-refractivity contribution < 1.29 is 9.18 Å². The van der Waals surface area contributed by atoms with E-state index in [2.05, 4.69) is 4.98 Å². The average molecular weight is 391 g/mol. The van der Waals surface area contributed by atoms with Crippen LogP contribution in [0.25, 0.3) is 10.2 Å². The first-order valence-electron chi connectivity index (χ1n) is 8.23. The van der Waals surface area contributed by atoms with Crippen LogP contribution in [0.1, 0.15) is 40.7 Å². The molecule has 0 unspecified atom stereocenters. The number of aromatic nitrogens is 2. The highest BCUT2D eigenvalue weighted by atomic mass is 32.2. The first-order valence-corrected chi connectivity index (χ1v) is 10.0. The SMILES string of the molecule is Cc1sc2nc(SCC(=O)c3cccc(F)c3)n(C(C)C)c(=O)c2c1C. The van der Waals surface area contributed by atoms with E-state index in [1.165, 1.54) is 41.3 Å². The van der Waals surface area contributed by atoms with Crippen molar-refractivity contribution in [1.29, 1.82) is 0 Å². The molecule has 0 aliphatic rings. The van der Waals surface area contributed by atoms with Crippen LogP contribution < -0.4 is 5.56 Å². The molecule has 0 aliphatic heterocycles. The molecular weight excluding hydrogens is 371 g/mol. The van der Waals surface area contributed by atoms with Gasteiger partial charge in [-0.05, 0) is 45.4 Å². The molecule has 0 aliphatic carbocycles. The van der Waals surface area contributed by atoms with Gasteiger partial charge in [0.05, 0.1) is 11.1 Å². The number of thioether (sulfide) groups is 1. The Balaban J connectivity index is 1.98. The number of benzene rings is 1. The molecule has 1 aromatic carbocycles. The van der Waals surface area contributed by atoms with Crippen molar-refractivity contribution in [3.05, 3.63) is 56.4 Å². The van der Waals surface area contributed by atoms with Gasteiger partial charge in [0.15, 0.2) is 10.9 Å². The molecule has 4 nitrogen and oxygen atoms in total. The summed E-state index contributed by atoms with van der Waals surface area (Å²) in [7, 11) is 0. The number of hydrogen-bond donors (Lipinski definition) is 0. The quantitative estimate of drug-likeness (QED) is 0.358. The lowest BCUT2D eigenvalue weighted by atomic mass is 10.1. The lowest BCUT2D eigenvalue weighted by molar-refractivity contribution is 0.102. The molecule has 0 spiro atoms. The molecule has 2 aromatic heterocycles. The van der Waals surface area contributed by atoms with Crippen LogP contribution in [0.15, 0.2) is 34.2 Å². The Morgan fingerprint density at radius 1 is 1.35 bits per heavy atom. The van der Waals surface area contributed by atoms with Crippen molar-refractivity contribution in [2.75, 3.05) is 5.75 Å². The van der Waals surface area contributed by atoms with E-state index in [0.29, 0.717) is 20.9 Å². The number of ketones is 1. The molecule has 0 saturated carbocycles. The zero-order valence-corrected chi connectivity index (χ0v) is 16.6. The summed E-state index contributed by atoms with van der Waals surface area (Å²) in [6.07, 6.45) is 0. The van der Waals surface area contributed by atoms with E-state index in [9.17, 15) is 14.0 Å². The van der Waals surface area contributed by atoms with Crippen molar-refractivity contribution in [3.63, 3.8) is 0 Å². The van der Waals surface area contributed by atoms with Crippen LogP contribution in [0.5, 0.6) is 0 Å².